The first-order chi connectivity index (χ1) is 14.7. The third-order valence-corrected chi connectivity index (χ3v) is 5.55. The van der Waals surface area contributed by atoms with Crippen LogP contribution in [0.4, 0.5) is 0 Å². The summed E-state index contributed by atoms with van der Waals surface area (Å²) in [6.07, 6.45) is 0.556. The number of aromatic nitrogens is 4. The van der Waals surface area contributed by atoms with Gasteiger partial charge in [0.25, 0.3) is 0 Å². The van der Waals surface area contributed by atoms with Crippen molar-refractivity contribution in [2.75, 3.05) is 13.7 Å². The molecule has 0 saturated heterocycles. The fourth-order valence-electron chi connectivity index (χ4n) is 4.04. The van der Waals surface area contributed by atoms with Crippen molar-refractivity contribution >= 4 is 33.2 Å². The number of pyridine rings is 1. The number of aryl methyl sites for hydroxylation is 1. The Bertz CT molecular complexity index is 1430. The summed E-state index contributed by atoms with van der Waals surface area (Å²) >= 11 is 0. The molecule has 0 atom stereocenters. The molecule has 5 rings (SSSR count). The van der Waals surface area contributed by atoms with Crippen molar-refractivity contribution < 1.29 is 4.74 Å². The molecule has 0 spiro atoms. The molecule has 0 aliphatic carbocycles. The Kier molecular flexibility index (Phi) is 4.56. The molecule has 0 aliphatic heterocycles. The Morgan fingerprint density at radius 3 is 2.43 bits per heavy atom. The summed E-state index contributed by atoms with van der Waals surface area (Å²) in [6, 6.07) is 17.9. The molecular formula is C24H22N4O2. The van der Waals surface area contributed by atoms with E-state index < -0.39 is 0 Å². The number of para-hydroxylation sites is 2. The Labute approximate surface area is 173 Å². The minimum atomic E-state index is -0.000284. The van der Waals surface area contributed by atoms with Gasteiger partial charge in [0.05, 0.1) is 29.6 Å². The van der Waals surface area contributed by atoms with Crippen molar-refractivity contribution in [1.82, 2.24) is 19.5 Å². The van der Waals surface area contributed by atoms with Crippen molar-refractivity contribution in [3.63, 3.8) is 0 Å². The number of ether oxygens (including phenoxy) is 1. The number of H-pyrrole nitrogens is 1. The van der Waals surface area contributed by atoms with Gasteiger partial charge in [-0.1, -0.05) is 42.5 Å². The van der Waals surface area contributed by atoms with Crippen LogP contribution in [0.5, 0.6) is 0 Å². The highest BCUT2D eigenvalue weighted by Crippen LogP contribution is 2.27. The molecule has 3 aromatic heterocycles. The molecule has 0 saturated carbocycles. The van der Waals surface area contributed by atoms with Crippen LogP contribution in [-0.4, -0.2) is 33.2 Å². The summed E-state index contributed by atoms with van der Waals surface area (Å²) in [5, 5.41) is 0.593. The zero-order valence-electron chi connectivity index (χ0n) is 17.0. The highest BCUT2D eigenvalue weighted by Gasteiger charge is 2.21. The smallest absolute Gasteiger partial charge is 0.196 e. The molecule has 6 heteroatoms. The first-order valence-electron chi connectivity index (χ1n) is 10.0. The van der Waals surface area contributed by atoms with Crippen LogP contribution in [0.3, 0.4) is 0 Å². The van der Waals surface area contributed by atoms with E-state index in [4.69, 9.17) is 14.7 Å². The highest BCUT2D eigenvalue weighted by molar-refractivity contribution is 6.05. The SMILES string of the molecule is COCCc1c(C)[nH]c2c(c1=O)c1nc3ccccc3nc1n2Cc1ccccc1. The summed E-state index contributed by atoms with van der Waals surface area (Å²) in [7, 11) is 1.64. The largest absolute Gasteiger partial charge is 0.384 e. The van der Waals surface area contributed by atoms with Crippen LogP contribution in [0.1, 0.15) is 16.8 Å². The molecular weight excluding hydrogens is 376 g/mol. The molecule has 150 valence electrons. The first-order valence-corrected chi connectivity index (χ1v) is 10.0. The van der Waals surface area contributed by atoms with E-state index in [0.717, 1.165) is 33.5 Å². The van der Waals surface area contributed by atoms with E-state index in [-0.39, 0.29) is 5.43 Å². The van der Waals surface area contributed by atoms with Crippen molar-refractivity contribution in [2.45, 2.75) is 19.9 Å². The van der Waals surface area contributed by atoms with Gasteiger partial charge in [0.2, 0.25) is 0 Å². The van der Waals surface area contributed by atoms with Crippen LogP contribution in [0.25, 0.3) is 33.2 Å². The molecule has 5 aromatic rings. The second-order valence-electron chi connectivity index (χ2n) is 7.48. The fraction of sp³-hybridized carbons (Fsp3) is 0.208. The summed E-state index contributed by atoms with van der Waals surface area (Å²) in [4.78, 5) is 26.7. The molecule has 6 nitrogen and oxygen atoms in total. The van der Waals surface area contributed by atoms with Crippen molar-refractivity contribution in [3.05, 3.63) is 81.6 Å². The van der Waals surface area contributed by atoms with E-state index in [1.165, 1.54) is 0 Å². The maximum atomic E-state index is 13.5. The lowest BCUT2D eigenvalue weighted by Crippen LogP contribution is -2.16. The fourth-order valence-corrected chi connectivity index (χ4v) is 4.04. The highest BCUT2D eigenvalue weighted by atomic mass is 16.5. The maximum absolute atomic E-state index is 13.5. The summed E-state index contributed by atoms with van der Waals surface area (Å²) < 4.78 is 7.27. The first kappa shape index (κ1) is 18.5. The molecule has 0 bridgehead atoms. The van der Waals surface area contributed by atoms with Crippen molar-refractivity contribution in [2.24, 2.45) is 0 Å². The van der Waals surface area contributed by atoms with Crippen LogP contribution < -0.4 is 5.43 Å². The minimum Gasteiger partial charge on any atom is -0.384 e. The van der Waals surface area contributed by atoms with Crippen molar-refractivity contribution in [3.8, 4) is 0 Å². The second kappa shape index (κ2) is 7.39. The lowest BCUT2D eigenvalue weighted by Gasteiger charge is -2.09. The van der Waals surface area contributed by atoms with Crippen LogP contribution in [0.2, 0.25) is 0 Å². The van der Waals surface area contributed by atoms with E-state index in [9.17, 15) is 4.79 Å². The monoisotopic (exact) mass is 398 g/mol. The lowest BCUT2D eigenvalue weighted by molar-refractivity contribution is 0.202. The molecule has 0 radical (unpaired) electrons. The van der Waals surface area contributed by atoms with E-state index >= 15 is 0 Å². The summed E-state index contributed by atoms with van der Waals surface area (Å²) in [5.41, 5.74) is 6.42. The molecule has 0 unspecified atom stereocenters. The topological polar surface area (TPSA) is 72.8 Å². The Balaban J connectivity index is 1.87. The number of nitrogens with one attached hydrogen (secondary N) is 1. The Hall–Kier alpha value is -3.51. The molecule has 0 aliphatic rings. The molecule has 0 fully saturated rings. The number of nitrogens with zero attached hydrogens (tertiary/aromatic N) is 3. The maximum Gasteiger partial charge on any atom is 0.196 e. The van der Waals surface area contributed by atoms with Gasteiger partial charge in [-0.3, -0.25) is 4.79 Å². The number of hydrogen-bond donors (Lipinski definition) is 1. The van der Waals surface area contributed by atoms with Gasteiger partial charge in [0.15, 0.2) is 11.1 Å². The Morgan fingerprint density at radius 1 is 1.00 bits per heavy atom. The number of rotatable bonds is 5. The van der Waals surface area contributed by atoms with Crippen molar-refractivity contribution in [1.29, 1.82) is 0 Å². The quantitative estimate of drug-likeness (QED) is 0.486. The number of aromatic amines is 1. The zero-order chi connectivity index (χ0) is 20.7. The average Bonchev–Trinajstić information content (AvgIpc) is 3.05. The van der Waals surface area contributed by atoms with Crippen LogP contribution in [-0.2, 0) is 17.7 Å². The molecule has 3 heterocycles. The zero-order valence-corrected chi connectivity index (χ0v) is 17.0. The van der Waals surface area contributed by atoms with Gasteiger partial charge in [-0.15, -0.1) is 0 Å². The summed E-state index contributed by atoms with van der Waals surface area (Å²) in [6.45, 7) is 3.03. The minimum absolute atomic E-state index is 0.000284. The van der Waals surface area contributed by atoms with Gasteiger partial charge >= 0.3 is 0 Å². The standard InChI is InChI=1S/C24H22N4O2/c1-15-17(12-13-30-2)22(29)20-21-24(27-19-11-7-6-10-18(19)26-21)28(23(20)25-15)14-16-8-4-3-5-9-16/h3-11H,12-14H2,1-2H3,(H,25,29). The van der Waals surface area contributed by atoms with Gasteiger partial charge < -0.3 is 14.3 Å². The van der Waals surface area contributed by atoms with Gasteiger partial charge in [0, 0.05) is 24.8 Å². The van der Waals surface area contributed by atoms with E-state index in [1.807, 2.05) is 49.4 Å². The van der Waals surface area contributed by atoms with Gasteiger partial charge in [0.1, 0.15) is 11.2 Å². The van der Waals surface area contributed by atoms with Gasteiger partial charge in [-0.25, -0.2) is 9.97 Å². The third-order valence-electron chi connectivity index (χ3n) is 5.55. The predicted molar refractivity (Wildman–Crippen MR) is 119 cm³/mol. The van der Waals surface area contributed by atoms with E-state index in [0.29, 0.717) is 36.1 Å². The molecule has 2 aromatic carbocycles. The second-order valence-corrected chi connectivity index (χ2v) is 7.48. The normalized spacial score (nSPS) is 11.7. The van der Waals surface area contributed by atoms with Crippen LogP contribution in [0, 0.1) is 6.92 Å². The lowest BCUT2D eigenvalue weighted by atomic mass is 10.1. The predicted octanol–water partition coefficient (Wildman–Crippen LogP) is 3.97. The van der Waals surface area contributed by atoms with E-state index in [1.54, 1.807) is 7.11 Å². The number of fused-ring (bicyclic) bond motifs is 4. The number of hydrogen-bond acceptors (Lipinski definition) is 4. The third kappa shape index (κ3) is 2.97. The molecule has 1 N–H and O–H groups in total. The Morgan fingerprint density at radius 2 is 1.70 bits per heavy atom. The number of methoxy groups -OCH3 is 1. The number of benzene rings is 2. The van der Waals surface area contributed by atoms with Crippen LogP contribution in [0.15, 0.2) is 59.4 Å². The van der Waals surface area contributed by atoms with Gasteiger partial charge in [-0.2, -0.15) is 0 Å². The average molecular weight is 398 g/mol. The molecule has 0 amide bonds. The molecule has 30 heavy (non-hydrogen) atoms. The van der Waals surface area contributed by atoms with Gasteiger partial charge in [-0.05, 0) is 24.6 Å². The summed E-state index contributed by atoms with van der Waals surface area (Å²) in [5.74, 6) is 0. The van der Waals surface area contributed by atoms with Crippen LogP contribution >= 0.6 is 0 Å². The van der Waals surface area contributed by atoms with E-state index in [2.05, 4.69) is 21.7 Å².